The molecule has 2 fully saturated rings. The normalized spacial score (nSPS) is 22.8. The summed E-state index contributed by atoms with van der Waals surface area (Å²) in [6, 6.07) is 0. The molecule has 2 rings (SSSR count). The highest BCUT2D eigenvalue weighted by Crippen LogP contribution is 2.48. The van der Waals surface area contributed by atoms with Gasteiger partial charge in [-0.05, 0) is 55.2 Å². The van der Waals surface area contributed by atoms with Gasteiger partial charge < -0.3 is 0 Å². The molecule has 2 heteroatoms. The minimum absolute atomic E-state index is 0.640. The van der Waals surface area contributed by atoms with Gasteiger partial charge in [0.25, 0.3) is 0 Å². The van der Waals surface area contributed by atoms with Gasteiger partial charge >= 0.3 is 0 Å². The van der Waals surface area contributed by atoms with Crippen molar-refractivity contribution in [3.8, 4) is 0 Å². The van der Waals surface area contributed by atoms with Gasteiger partial charge in [0.2, 0.25) is 0 Å². The maximum absolute atomic E-state index is 5.77. The lowest BCUT2D eigenvalue weighted by molar-refractivity contribution is 0.0587. The number of hydrogen-bond donors (Lipinski definition) is 1. The Bertz CT molecular complexity index is 234. The number of nitrogens with one attached hydrogen (secondary N) is 1. The molecule has 1 nitrogen and oxygen atoms in total. The molecule has 18 heavy (non-hydrogen) atoms. The van der Waals surface area contributed by atoms with Crippen molar-refractivity contribution in [1.29, 1.82) is 5.41 Å². The Morgan fingerprint density at radius 3 is 1.39 bits per heavy atom. The first-order chi connectivity index (χ1) is 8.62. The summed E-state index contributed by atoms with van der Waals surface area (Å²) < 4.78 is 0. The van der Waals surface area contributed by atoms with Crippen LogP contribution in [0.4, 0.5) is 0 Å². The minimum atomic E-state index is 0.640. The zero-order chi connectivity index (χ0) is 13.4. The standard InChI is InChI=1S/C15H28.CHNS/c1-15(2,13-9-5-3-6-10-13)14-11-7-4-8-12-14;2-1-3/h13-14H,3-12H2,1-2H3;2H. The summed E-state index contributed by atoms with van der Waals surface area (Å²) in [7, 11) is 0. The molecule has 1 N–H and O–H groups in total. The fourth-order valence-electron chi connectivity index (χ4n) is 4.03. The molecule has 104 valence electrons. The summed E-state index contributed by atoms with van der Waals surface area (Å²) in [4.78, 5) is 0. The third kappa shape index (κ3) is 4.48. The first-order valence-corrected chi connectivity index (χ1v) is 8.07. The zero-order valence-electron chi connectivity index (χ0n) is 12.1. The van der Waals surface area contributed by atoms with Crippen LogP contribution in [0.3, 0.4) is 0 Å². The molecule has 0 aliphatic heterocycles. The lowest BCUT2D eigenvalue weighted by atomic mass is 9.61. The molecule has 0 amide bonds. The van der Waals surface area contributed by atoms with Crippen molar-refractivity contribution >= 4 is 17.4 Å². The number of thiocarbonyl (C=S) groups is 1. The largest absolute Gasteiger partial charge is 0.248 e. The number of hydrogen-bond acceptors (Lipinski definition) is 2. The molecule has 0 aromatic carbocycles. The summed E-state index contributed by atoms with van der Waals surface area (Å²) >= 11 is 3.81. The van der Waals surface area contributed by atoms with Crippen LogP contribution in [0.15, 0.2) is 0 Å². The topological polar surface area (TPSA) is 23.9 Å². The van der Waals surface area contributed by atoms with Crippen molar-refractivity contribution < 1.29 is 0 Å². The Balaban J connectivity index is 0.000000492. The molecule has 0 unspecified atom stereocenters. The molecule has 0 atom stereocenters. The fraction of sp³-hybridized carbons (Fsp3) is 0.938. The predicted octanol–water partition coefficient (Wildman–Crippen LogP) is 5.84. The van der Waals surface area contributed by atoms with E-state index in [2.05, 4.69) is 26.1 Å². The van der Waals surface area contributed by atoms with Crippen LogP contribution in [-0.2, 0) is 0 Å². The molecule has 0 radical (unpaired) electrons. The first kappa shape index (κ1) is 15.9. The fourth-order valence-corrected chi connectivity index (χ4v) is 4.03. The molecule has 0 spiro atoms. The van der Waals surface area contributed by atoms with E-state index in [1.165, 1.54) is 64.2 Å². The highest BCUT2D eigenvalue weighted by atomic mass is 32.1. The van der Waals surface area contributed by atoms with E-state index >= 15 is 0 Å². The van der Waals surface area contributed by atoms with E-state index in [0.717, 1.165) is 11.8 Å². The van der Waals surface area contributed by atoms with Crippen LogP contribution >= 0.6 is 12.2 Å². The van der Waals surface area contributed by atoms with Crippen LogP contribution in [0.25, 0.3) is 0 Å². The quantitative estimate of drug-likeness (QED) is 0.493. The molecule has 0 aromatic rings. The van der Waals surface area contributed by atoms with Crippen LogP contribution in [-0.4, -0.2) is 5.16 Å². The van der Waals surface area contributed by atoms with E-state index in [-0.39, 0.29) is 0 Å². The van der Waals surface area contributed by atoms with E-state index in [9.17, 15) is 0 Å². The van der Waals surface area contributed by atoms with Crippen molar-refractivity contribution in [2.75, 3.05) is 0 Å². The highest BCUT2D eigenvalue weighted by Gasteiger charge is 2.37. The van der Waals surface area contributed by atoms with Crippen LogP contribution in [0.1, 0.15) is 78.1 Å². The van der Waals surface area contributed by atoms with E-state index in [1.54, 1.807) is 5.16 Å². The smallest absolute Gasteiger partial charge is 0.0554 e. The summed E-state index contributed by atoms with van der Waals surface area (Å²) in [6.07, 6.45) is 15.1. The summed E-state index contributed by atoms with van der Waals surface area (Å²) in [5, 5.41) is 7.36. The second-order valence-electron chi connectivity index (χ2n) is 6.59. The monoisotopic (exact) mass is 267 g/mol. The Kier molecular flexibility index (Phi) is 7.11. The molecule has 2 saturated carbocycles. The average molecular weight is 267 g/mol. The van der Waals surface area contributed by atoms with Gasteiger partial charge in [0.15, 0.2) is 0 Å². The second kappa shape index (κ2) is 8.07. The Hall–Kier alpha value is -0.200. The molecular formula is C16H29NS. The van der Waals surface area contributed by atoms with Crippen LogP contribution in [0.2, 0.25) is 0 Å². The molecule has 0 bridgehead atoms. The minimum Gasteiger partial charge on any atom is -0.248 e. The summed E-state index contributed by atoms with van der Waals surface area (Å²) in [5.41, 5.74) is 0.640. The molecule has 0 aromatic heterocycles. The Morgan fingerprint density at radius 2 is 1.11 bits per heavy atom. The molecular weight excluding hydrogens is 238 g/mol. The molecule has 2 aliphatic rings. The van der Waals surface area contributed by atoms with Crippen LogP contribution < -0.4 is 0 Å². The van der Waals surface area contributed by atoms with Crippen molar-refractivity contribution in [2.24, 2.45) is 17.3 Å². The maximum atomic E-state index is 5.77. The first-order valence-electron chi connectivity index (χ1n) is 7.66. The van der Waals surface area contributed by atoms with E-state index in [4.69, 9.17) is 5.41 Å². The lowest BCUT2D eigenvalue weighted by Crippen LogP contribution is -2.35. The Labute approximate surface area is 118 Å². The van der Waals surface area contributed by atoms with Gasteiger partial charge in [0, 0.05) is 0 Å². The molecule has 2 aliphatic carbocycles. The average Bonchev–Trinajstić information content (AvgIpc) is 2.42. The highest BCUT2D eigenvalue weighted by molar-refractivity contribution is 7.78. The van der Waals surface area contributed by atoms with E-state index < -0.39 is 0 Å². The summed E-state index contributed by atoms with van der Waals surface area (Å²) in [5.74, 6) is 2.07. The third-order valence-corrected chi connectivity index (χ3v) is 5.31. The van der Waals surface area contributed by atoms with Gasteiger partial charge in [-0.25, -0.2) is 5.41 Å². The maximum Gasteiger partial charge on any atom is 0.0554 e. The van der Waals surface area contributed by atoms with Gasteiger partial charge in [-0.1, -0.05) is 52.4 Å². The van der Waals surface area contributed by atoms with Gasteiger partial charge in [-0.2, -0.15) is 0 Å². The number of isothiocyanates is 1. The Morgan fingerprint density at radius 1 is 0.833 bits per heavy atom. The number of rotatable bonds is 2. The van der Waals surface area contributed by atoms with Gasteiger partial charge in [-0.15, -0.1) is 0 Å². The van der Waals surface area contributed by atoms with Crippen molar-refractivity contribution in [3.63, 3.8) is 0 Å². The zero-order valence-corrected chi connectivity index (χ0v) is 13.0. The van der Waals surface area contributed by atoms with Gasteiger partial charge in [-0.3, -0.25) is 0 Å². The van der Waals surface area contributed by atoms with Crippen LogP contribution in [0.5, 0.6) is 0 Å². The van der Waals surface area contributed by atoms with Crippen molar-refractivity contribution in [1.82, 2.24) is 0 Å². The van der Waals surface area contributed by atoms with Crippen molar-refractivity contribution in [2.45, 2.75) is 78.1 Å². The van der Waals surface area contributed by atoms with Crippen LogP contribution in [0, 0.1) is 22.7 Å². The van der Waals surface area contributed by atoms with E-state index in [0.29, 0.717) is 5.41 Å². The van der Waals surface area contributed by atoms with Gasteiger partial charge in [0.1, 0.15) is 0 Å². The third-order valence-electron chi connectivity index (χ3n) is 5.31. The van der Waals surface area contributed by atoms with Crippen molar-refractivity contribution in [3.05, 3.63) is 0 Å². The van der Waals surface area contributed by atoms with Gasteiger partial charge in [0.05, 0.1) is 5.16 Å². The summed E-state index contributed by atoms with van der Waals surface area (Å²) in [6.45, 7) is 5.14. The SMILES string of the molecule is CC(C)(C1CCCCC1)C1CCCCC1.N=C=S. The predicted molar refractivity (Wildman–Crippen MR) is 82.2 cm³/mol. The lowest BCUT2D eigenvalue weighted by Gasteiger charge is -2.44. The van der Waals surface area contributed by atoms with E-state index in [1.807, 2.05) is 0 Å². The molecule has 0 heterocycles. The molecule has 0 saturated heterocycles. The second-order valence-corrected chi connectivity index (χ2v) is 6.80.